The van der Waals surface area contributed by atoms with Gasteiger partial charge in [0.05, 0.1) is 23.4 Å². The number of amides is 3. The Labute approximate surface area is 290 Å². The van der Waals surface area contributed by atoms with Crippen LogP contribution in [0.4, 0.5) is 10.5 Å². The number of benzene rings is 3. The highest BCUT2D eigenvalue weighted by atomic mass is 16.6. The third kappa shape index (κ3) is 7.89. The van der Waals surface area contributed by atoms with Crippen molar-refractivity contribution in [3.8, 4) is 22.5 Å². The van der Waals surface area contributed by atoms with Gasteiger partial charge in [-0.15, -0.1) is 10.2 Å². The van der Waals surface area contributed by atoms with Crippen LogP contribution in [0.2, 0.25) is 0 Å². The van der Waals surface area contributed by atoms with E-state index in [9.17, 15) is 14.4 Å². The number of nitrogens with one attached hydrogen (secondary N) is 3. The van der Waals surface area contributed by atoms with Gasteiger partial charge in [0.15, 0.2) is 0 Å². The third-order valence-corrected chi connectivity index (χ3v) is 9.15. The zero-order chi connectivity index (χ0) is 35.4. The molecule has 1 atom stereocenters. The van der Waals surface area contributed by atoms with Crippen molar-refractivity contribution in [1.29, 1.82) is 0 Å². The Hall–Kier alpha value is -5.43. The van der Waals surface area contributed by atoms with Gasteiger partial charge in [0, 0.05) is 23.4 Å². The van der Waals surface area contributed by atoms with E-state index in [1.807, 2.05) is 57.3 Å². The molecule has 5 aromatic rings. The van der Waals surface area contributed by atoms with Crippen LogP contribution < -0.4 is 16.0 Å². The SMILES string of the molecule is Cc1ccc2[nH]ncc2c1-c1ccc(C[C@H](N)C(=O)N(c2ccc(-c3nn[nH]n3)cc2)C(=O)[C@H]2CC[C@H](CNC(=O)OC(C)(C)C)CC2)cc1. The fourth-order valence-electron chi connectivity index (χ4n) is 6.57. The Balaban J connectivity index is 1.16. The van der Waals surface area contributed by atoms with Crippen molar-refractivity contribution in [2.45, 2.75) is 71.4 Å². The number of tetrazole rings is 1. The van der Waals surface area contributed by atoms with Crippen LogP contribution in [0.1, 0.15) is 57.6 Å². The number of nitrogens with zero attached hydrogens (tertiary/aromatic N) is 5. The molecule has 13 heteroatoms. The van der Waals surface area contributed by atoms with Crippen molar-refractivity contribution >= 4 is 34.5 Å². The molecule has 1 saturated carbocycles. The van der Waals surface area contributed by atoms with Crippen LogP contribution in [0.15, 0.2) is 66.9 Å². The molecule has 1 fully saturated rings. The molecule has 6 rings (SSSR count). The number of carbonyl (C=O) groups excluding carboxylic acids is 3. The first-order chi connectivity index (χ1) is 24.0. The number of aromatic nitrogens is 6. The van der Waals surface area contributed by atoms with Crippen LogP contribution in [0.3, 0.4) is 0 Å². The summed E-state index contributed by atoms with van der Waals surface area (Å²) >= 11 is 0. The first kappa shape index (κ1) is 34.4. The van der Waals surface area contributed by atoms with Crippen LogP contribution in [0.25, 0.3) is 33.4 Å². The first-order valence-corrected chi connectivity index (χ1v) is 16.9. The molecular weight excluding hydrogens is 634 g/mol. The Morgan fingerprint density at radius 2 is 1.68 bits per heavy atom. The second-order valence-electron chi connectivity index (χ2n) is 14.0. The molecule has 260 valence electrons. The van der Waals surface area contributed by atoms with E-state index in [1.165, 1.54) is 4.90 Å². The summed E-state index contributed by atoms with van der Waals surface area (Å²) in [5.74, 6) is -0.513. The number of rotatable bonds is 9. The number of alkyl carbamates (subject to hydrolysis) is 1. The van der Waals surface area contributed by atoms with Crippen molar-refractivity contribution in [2.24, 2.45) is 17.6 Å². The number of imide groups is 1. The van der Waals surface area contributed by atoms with Crippen molar-refractivity contribution in [3.05, 3.63) is 78.0 Å². The van der Waals surface area contributed by atoms with Gasteiger partial charge in [0.25, 0.3) is 5.91 Å². The number of H-pyrrole nitrogens is 2. The zero-order valence-electron chi connectivity index (χ0n) is 28.8. The first-order valence-electron chi connectivity index (χ1n) is 16.9. The molecule has 0 bridgehead atoms. The summed E-state index contributed by atoms with van der Waals surface area (Å²) < 4.78 is 5.36. The van der Waals surface area contributed by atoms with Gasteiger partial charge < -0.3 is 15.8 Å². The van der Waals surface area contributed by atoms with E-state index in [0.29, 0.717) is 36.5 Å². The van der Waals surface area contributed by atoms with Gasteiger partial charge in [-0.25, -0.2) is 9.69 Å². The van der Waals surface area contributed by atoms with E-state index in [4.69, 9.17) is 10.5 Å². The van der Waals surface area contributed by atoms with Crippen molar-refractivity contribution in [1.82, 2.24) is 36.1 Å². The molecule has 1 aliphatic rings. The van der Waals surface area contributed by atoms with E-state index < -0.39 is 23.6 Å². The van der Waals surface area contributed by atoms with Crippen molar-refractivity contribution in [3.63, 3.8) is 0 Å². The summed E-state index contributed by atoms with van der Waals surface area (Å²) in [4.78, 5) is 41.7. The molecular formula is C37H43N9O4. The Morgan fingerprint density at radius 1 is 0.980 bits per heavy atom. The van der Waals surface area contributed by atoms with Gasteiger partial charge in [-0.05, 0) is 124 Å². The molecule has 0 radical (unpaired) electrons. The molecule has 2 aromatic heterocycles. The molecule has 0 spiro atoms. The summed E-state index contributed by atoms with van der Waals surface area (Å²) in [6, 6.07) is 18.0. The quantitative estimate of drug-likeness (QED) is 0.157. The predicted molar refractivity (Wildman–Crippen MR) is 190 cm³/mol. The minimum Gasteiger partial charge on any atom is -0.444 e. The molecule has 0 unspecified atom stereocenters. The number of fused-ring (bicyclic) bond motifs is 1. The summed E-state index contributed by atoms with van der Waals surface area (Å²) in [5, 5.41) is 25.2. The largest absolute Gasteiger partial charge is 0.444 e. The van der Waals surface area contributed by atoms with Crippen molar-refractivity contribution < 1.29 is 19.1 Å². The normalized spacial score (nSPS) is 16.9. The number of hydrogen-bond acceptors (Lipinski definition) is 9. The Morgan fingerprint density at radius 3 is 2.34 bits per heavy atom. The average Bonchev–Trinajstić information content (AvgIpc) is 3.81. The Bertz CT molecular complexity index is 1940. The van der Waals surface area contributed by atoms with Gasteiger partial charge in [0.2, 0.25) is 11.7 Å². The molecule has 50 heavy (non-hydrogen) atoms. The Kier molecular flexibility index (Phi) is 10.0. The number of aromatic amines is 2. The van der Waals surface area contributed by atoms with E-state index in [2.05, 4.69) is 49.1 Å². The highest BCUT2D eigenvalue weighted by molar-refractivity contribution is 6.17. The fourth-order valence-corrected chi connectivity index (χ4v) is 6.57. The van der Waals surface area contributed by atoms with Crippen LogP contribution in [0.5, 0.6) is 0 Å². The third-order valence-electron chi connectivity index (χ3n) is 9.15. The maximum Gasteiger partial charge on any atom is 0.407 e. The molecule has 3 amide bonds. The lowest BCUT2D eigenvalue weighted by Crippen LogP contribution is -2.50. The molecule has 0 aliphatic heterocycles. The number of carbonyl (C=O) groups is 3. The minimum atomic E-state index is -0.963. The summed E-state index contributed by atoms with van der Waals surface area (Å²) in [7, 11) is 0. The smallest absolute Gasteiger partial charge is 0.407 e. The lowest BCUT2D eigenvalue weighted by molar-refractivity contribution is -0.130. The maximum atomic E-state index is 14.2. The lowest BCUT2D eigenvalue weighted by Gasteiger charge is -2.32. The average molecular weight is 678 g/mol. The van der Waals surface area contributed by atoms with Gasteiger partial charge in [-0.2, -0.15) is 10.3 Å². The van der Waals surface area contributed by atoms with Gasteiger partial charge in [0.1, 0.15) is 5.60 Å². The minimum absolute atomic E-state index is 0.208. The number of hydrogen-bond donors (Lipinski definition) is 4. The topological polar surface area (TPSA) is 185 Å². The van der Waals surface area contributed by atoms with Crippen LogP contribution >= 0.6 is 0 Å². The van der Waals surface area contributed by atoms with Crippen LogP contribution in [0, 0.1) is 18.8 Å². The zero-order valence-corrected chi connectivity index (χ0v) is 28.8. The van der Waals surface area contributed by atoms with E-state index in [1.54, 1.807) is 24.3 Å². The monoisotopic (exact) mass is 677 g/mol. The molecule has 1 aliphatic carbocycles. The van der Waals surface area contributed by atoms with Gasteiger partial charge >= 0.3 is 6.09 Å². The van der Waals surface area contributed by atoms with E-state index >= 15 is 0 Å². The summed E-state index contributed by atoms with van der Waals surface area (Å²) in [5.41, 5.74) is 12.2. The molecule has 2 heterocycles. The fraction of sp³-hybridized carbons (Fsp3) is 0.378. The maximum absolute atomic E-state index is 14.2. The second kappa shape index (κ2) is 14.6. The number of ether oxygens (including phenoxy) is 1. The van der Waals surface area contributed by atoms with Crippen molar-refractivity contribution in [2.75, 3.05) is 11.4 Å². The second-order valence-corrected chi connectivity index (χ2v) is 14.0. The highest BCUT2D eigenvalue weighted by Crippen LogP contribution is 2.33. The lowest BCUT2D eigenvalue weighted by atomic mass is 9.81. The molecule has 0 saturated heterocycles. The van der Waals surface area contributed by atoms with E-state index in [-0.39, 0.29) is 24.2 Å². The predicted octanol–water partition coefficient (Wildman–Crippen LogP) is 5.48. The number of anilines is 1. The molecule has 13 nitrogen and oxygen atoms in total. The number of aryl methyl sites for hydroxylation is 1. The van der Waals surface area contributed by atoms with E-state index in [0.717, 1.165) is 46.0 Å². The van der Waals surface area contributed by atoms with Crippen LogP contribution in [-0.4, -0.2) is 66.9 Å². The summed E-state index contributed by atoms with van der Waals surface area (Å²) in [6.07, 6.45) is 4.26. The van der Waals surface area contributed by atoms with Gasteiger partial charge in [-0.3, -0.25) is 14.7 Å². The molecule has 3 aromatic carbocycles. The summed E-state index contributed by atoms with van der Waals surface area (Å²) in [6.45, 7) is 8.00. The highest BCUT2D eigenvalue weighted by Gasteiger charge is 2.35. The standard InChI is InChI=1S/C37H43N9O4/c1-22-5-18-31-29(21-40-41-31)32(22)25-10-6-23(7-11-25)19-30(38)35(48)46(28-16-14-26(15-17-28)33-42-44-45-43-33)34(47)27-12-8-24(9-13-27)20-39-36(49)50-37(2,3)4/h5-7,10-11,14-18,21,24,27,30H,8-9,12-13,19-20,38H2,1-4H3,(H,39,49)(H,40,41)(H,42,43,44,45)/t24-,27-,30-/m0/s1. The van der Waals surface area contributed by atoms with Gasteiger partial charge in [-0.1, -0.05) is 30.3 Å². The van der Waals surface area contributed by atoms with Crippen LogP contribution in [-0.2, 0) is 20.7 Å². The number of nitrogens with two attached hydrogens (primary N) is 1. The molecule has 5 N–H and O–H groups in total.